The summed E-state index contributed by atoms with van der Waals surface area (Å²) in [6, 6.07) is 0.327. The van der Waals surface area contributed by atoms with E-state index in [0.717, 1.165) is 38.9 Å². The molecule has 0 aromatic rings. The minimum Gasteiger partial charge on any atom is -0.317 e. The molecule has 0 aromatic carbocycles. The maximum Gasteiger partial charge on any atom is 0.281 e. The normalized spacial score (nSPS) is 22.0. The molecule has 7 heteroatoms. The lowest BCUT2D eigenvalue weighted by Gasteiger charge is -2.39. The van der Waals surface area contributed by atoms with Gasteiger partial charge in [-0.05, 0) is 39.4 Å². The number of likely N-dealkylation sites (N-methyl/N-ethyl adjacent to an activating group) is 1. The van der Waals surface area contributed by atoms with Crippen LogP contribution in [0.25, 0.3) is 0 Å². The van der Waals surface area contributed by atoms with Gasteiger partial charge in [0.25, 0.3) is 10.2 Å². The van der Waals surface area contributed by atoms with E-state index in [9.17, 15) is 8.42 Å². The lowest BCUT2D eigenvalue weighted by Crippen LogP contribution is -2.55. The van der Waals surface area contributed by atoms with E-state index in [1.807, 2.05) is 0 Å². The Hall–Kier alpha value is -0.210. The van der Waals surface area contributed by atoms with Gasteiger partial charge in [-0.25, -0.2) is 0 Å². The molecule has 0 radical (unpaired) electrons. The van der Waals surface area contributed by atoms with Crippen molar-refractivity contribution in [3.05, 3.63) is 0 Å². The number of nitrogens with one attached hydrogen (secondary N) is 1. The first-order valence-corrected chi connectivity index (χ1v) is 9.45. The smallest absolute Gasteiger partial charge is 0.281 e. The second kappa shape index (κ2) is 9.05. The Labute approximate surface area is 130 Å². The highest BCUT2D eigenvalue weighted by Gasteiger charge is 2.33. The molecule has 0 aromatic heterocycles. The van der Waals surface area contributed by atoms with Gasteiger partial charge in [-0.1, -0.05) is 13.8 Å². The Kier molecular flexibility index (Phi) is 8.12. The number of piperazine rings is 1. The van der Waals surface area contributed by atoms with Gasteiger partial charge in [-0.3, -0.25) is 0 Å². The van der Waals surface area contributed by atoms with Crippen molar-refractivity contribution in [1.82, 2.24) is 18.8 Å². The summed E-state index contributed by atoms with van der Waals surface area (Å²) >= 11 is 0. The van der Waals surface area contributed by atoms with Gasteiger partial charge in [0.15, 0.2) is 0 Å². The molecule has 1 saturated heterocycles. The second-order valence-electron chi connectivity index (χ2n) is 5.83. The van der Waals surface area contributed by atoms with Crippen molar-refractivity contribution in [3.8, 4) is 0 Å². The zero-order chi connectivity index (χ0) is 15.9. The van der Waals surface area contributed by atoms with Crippen LogP contribution in [0.2, 0.25) is 0 Å². The summed E-state index contributed by atoms with van der Waals surface area (Å²) in [5.74, 6) is 0. The first kappa shape index (κ1) is 18.8. The van der Waals surface area contributed by atoms with Crippen molar-refractivity contribution >= 4 is 10.2 Å². The molecule has 0 saturated carbocycles. The van der Waals surface area contributed by atoms with Crippen molar-refractivity contribution in [3.63, 3.8) is 0 Å². The van der Waals surface area contributed by atoms with Crippen LogP contribution >= 0.6 is 0 Å². The van der Waals surface area contributed by atoms with E-state index < -0.39 is 10.2 Å². The maximum atomic E-state index is 12.6. The van der Waals surface area contributed by atoms with Crippen molar-refractivity contribution in [2.24, 2.45) is 0 Å². The molecule has 0 aliphatic carbocycles. The van der Waals surface area contributed by atoms with Crippen LogP contribution in [0.4, 0.5) is 0 Å². The molecule has 0 amide bonds. The molecule has 1 aliphatic heterocycles. The van der Waals surface area contributed by atoms with Gasteiger partial charge in [0.05, 0.1) is 0 Å². The van der Waals surface area contributed by atoms with Crippen LogP contribution in [0.15, 0.2) is 0 Å². The molecule has 1 atom stereocenters. The van der Waals surface area contributed by atoms with Gasteiger partial charge in [0, 0.05) is 39.3 Å². The maximum absolute atomic E-state index is 12.6. The summed E-state index contributed by atoms with van der Waals surface area (Å²) < 4.78 is 28.3. The Morgan fingerprint density at radius 2 is 1.95 bits per heavy atom. The number of nitrogens with zero attached hydrogens (tertiary/aromatic N) is 3. The highest BCUT2D eigenvalue weighted by molar-refractivity contribution is 7.86. The minimum absolute atomic E-state index is 0.327. The van der Waals surface area contributed by atoms with Gasteiger partial charge >= 0.3 is 0 Å². The third-order valence-electron chi connectivity index (χ3n) is 4.18. The minimum atomic E-state index is -3.31. The summed E-state index contributed by atoms with van der Waals surface area (Å²) in [6.07, 6.45) is 2.93. The third kappa shape index (κ3) is 5.49. The Bertz CT molecular complexity index is 388. The lowest BCUT2D eigenvalue weighted by atomic mass is 10.1. The topological polar surface area (TPSA) is 55.9 Å². The zero-order valence-corrected chi connectivity index (χ0v) is 14.8. The molecule has 21 heavy (non-hydrogen) atoms. The molecule has 1 rings (SSSR count). The SMILES string of the molecule is CCCNCCCN(C)S(=O)(=O)N1CCN(C)C(CC)C1. The summed E-state index contributed by atoms with van der Waals surface area (Å²) in [5.41, 5.74) is 0. The number of hydrogen-bond donors (Lipinski definition) is 1. The molecule has 0 spiro atoms. The molecule has 1 heterocycles. The molecular formula is C14H32N4O2S. The summed E-state index contributed by atoms with van der Waals surface area (Å²) in [5, 5.41) is 3.30. The van der Waals surface area contributed by atoms with Gasteiger partial charge in [-0.15, -0.1) is 0 Å². The van der Waals surface area contributed by atoms with E-state index >= 15 is 0 Å². The van der Waals surface area contributed by atoms with Crippen molar-refractivity contribution < 1.29 is 8.42 Å². The van der Waals surface area contributed by atoms with Crippen LogP contribution in [0.5, 0.6) is 0 Å². The predicted molar refractivity (Wildman–Crippen MR) is 87.6 cm³/mol. The zero-order valence-electron chi connectivity index (χ0n) is 14.0. The van der Waals surface area contributed by atoms with E-state index in [4.69, 9.17) is 0 Å². The van der Waals surface area contributed by atoms with E-state index in [2.05, 4.69) is 31.1 Å². The van der Waals surface area contributed by atoms with Crippen LogP contribution in [-0.4, -0.2) is 81.3 Å². The largest absolute Gasteiger partial charge is 0.317 e. The fourth-order valence-corrected chi connectivity index (χ4v) is 4.04. The van der Waals surface area contributed by atoms with Gasteiger partial charge in [0.1, 0.15) is 0 Å². The van der Waals surface area contributed by atoms with Crippen LogP contribution in [0, 0.1) is 0 Å². The van der Waals surface area contributed by atoms with Crippen molar-refractivity contribution in [1.29, 1.82) is 0 Å². The van der Waals surface area contributed by atoms with Crippen LogP contribution in [-0.2, 0) is 10.2 Å². The average molecular weight is 321 g/mol. The molecule has 1 N–H and O–H groups in total. The summed E-state index contributed by atoms with van der Waals surface area (Å²) in [7, 11) is 0.451. The van der Waals surface area contributed by atoms with Crippen LogP contribution in [0.1, 0.15) is 33.1 Å². The molecular weight excluding hydrogens is 288 g/mol. The number of rotatable bonds is 9. The molecule has 1 unspecified atom stereocenters. The van der Waals surface area contributed by atoms with Gasteiger partial charge in [-0.2, -0.15) is 17.0 Å². The number of hydrogen-bond acceptors (Lipinski definition) is 4. The third-order valence-corrected chi connectivity index (χ3v) is 6.14. The van der Waals surface area contributed by atoms with Crippen molar-refractivity contribution in [2.45, 2.75) is 39.2 Å². The molecule has 0 bridgehead atoms. The molecule has 6 nitrogen and oxygen atoms in total. The quantitative estimate of drug-likeness (QED) is 0.632. The lowest BCUT2D eigenvalue weighted by molar-refractivity contribution is 0.139. The second-order valence-corrected chi connectivity index (χ2v) is 7.87. The van der Waals surface area contributed by atoms with E-state index in [-0.39, 0.29) is 0 Å². The molecule has 1 aliphatic rings. The van der Waals surface area contributed by atoms with Crippen molar-refractivity contribution in [2.75, 3.05) is 53.4 Å². The fourth-order valence-electron chi connectivity index (χ4n) is 2.61. The summed E-state index contributed by atoms with van der Waals surface area (Å²) in [6.45, 7) is 8.68. The van der Waals surface area contributed by atoms with Gasteiger partial charge in [0.2, 0.25) is 0 Å². The molecule has 126 valence electrons. The monoisotopic (exact) mass is 320 g/mol. The standard InChI is InChI=1S/C14H32N4O2S/c1-5-8-15-9-7-10-17(4)21(19,20)18-12-11-16(3)14(6-2)13-18/h14-15H,5-13H2,1-4H3. The Morgan fingerprint density at radius 3 is 2.57 bits per heavy atom. The fraction of sp³-hybridized carbons (Fsp3) is 1.00. The first-order valence-electron chi connectivity index (χ1n) is 8.05. The average Bonchev–Trinajstić information content (AvgIpc) is 2.47. The Balaban J connectivity index is 2.47. The first-order chi connectivity index (χ1) is 9.93. The highest BCUT2D eigenvalue weighted by Crippen LogP contribution is 2.16. The molecule has 1 fully saturated rings. The van der Waals surface area contributed by atoms with Crippen LogP contribution in [0.3, 0.4) is 0 Å². The Morgan fingerprint density at radius 1 is 1.24 bits per heavy atom. The van der Waals surface area contributed by atoms with E-state index in [1.165, 1.54) is 4.31 Å². The van der Waals surface area contributed by atoms with E-state index in [0.29, 0.717) is 25.7 Å². The predicted octanol–water partition coefficient (Wildman–Crippen LogP) is 0.579. The highest BCUT2D eigenvalue weighted by atomic mass is 32.2. The van der Waals surface area contributed by atoms with Gasteiger partial charge < -0.3 is 10.2 Å². The van der Waals surface area contributed by atoms with Crippen LogP contribution < -0.4 is 5.32 Å². The summed E-state index contributed by atoms with van der Waals surface area (Å²) in [4.78, 5) is 2.25. The van der Waals surface area contributed by atoms with E-state index in [1.54, 1.807) is 11.4 Å².